The van der Waals surface area contributed by atoms with Crippen LogP contribution in [0, 0.1) is 0 Å². The number of hydrogen-bond donors (Lipinski definition) is 1. The molecule has 1 rings (SSSR count). The lowest BCUT2D eigenvalue weighted by Gasteiger charge is -2.25. The van der Waals surface area contributed by atoms with Gasteiger partial charge in [0.1, 0.15) is 12.6 Å². The molecular formula is C14H17NO4. The fourth-order valence-electron chi connectivity index (χ4n) is 1.49. The molecule has 0 heterocycles. The molecule has 0 spiro atoms. The van der Waals surface area contributed by atoms with Crippen LogP contribution in [0.25, 0.3) is 0 Å². The van der Waals surface area contributed by atoms with Crippen LogP contribution in [0.2, 0.25) is 0 Å². The summed E-state index contributed by atoms with van der Waals surface area (Å²) in [4.78, 5) is 24.1. The Bertz CT molecular complexity index is 444. The molecule has 1 aromatic carbocycles. The summed E-state index contributed by atoms with van der Waals surface area (Å²) < 4.78 is 4.90. The van der Waals surface area contributed by atoms with E-state index in [2.05, 4.69) is 6.58 Å². The highest BCUT2D eigenvalue weighted by molar-refractivity contribution is 5.79. The highest BCUT2D eigenvalue weighted by atomic mass is 16.6. The number of carbonyl (C=O) groups excluding carboxylic acids is 1. The fourth-order valence-corrected chi connectivity index (χ4v) is 1.49. The molecule has 102 valence electrons. The largest absolute Gasteiger partial charge is 0.480 e. The van der Waals surface area contributed by atoms with Gasteiger partial charge in [0.2, 0.25) is 0 Å². The van der Waals surface area contributed by atoms with Gasteiger partial charge in [0.05, 0.1) is 0 Å². The molecule has 0 saturated heterocycles. The van der Waals surface area contributed by atoms with Gasteiger partial charge in [-0.3, -0.25) is 4.90 Å². The summed E-state index contributed by atoms with van der Waals surface area (Å²) in [6.07, 6.45) is 0.767. The summed E-state index contributed by atoms with van der Waals surface area (Å²) in [7, 11) is 0. The molecule has 5 heteroatoms. The summed E-state index contributed by atoms with van der Waals surface area (Å²) in [5.74, 6) is -1.08. The van der Waals surface area contributed by atoms with Crippen molar-refractivity contribution in [3.63, 3.8) is 0 Å². The smallest absolute Gasteiger partial charge is 0.411 e. The molecule has 0 aliphatic heterocycles. The summed E-state index contributed by atoms with van der Waals surface area (Å²) in [5.41, 5.74) is 0.839. The molecule has 1 aromatic rings. The molecule has 19 heavy (non-hydrogen) atoms. The number of carbonyl (C=O) groups is 2. The SMILES string of the molecule is C=CCOC(=O)N(Cc1ccccc1)[C@@H](C)C(=O)O. The van der Waals surface area contributed by atoms with Crippen LogP contribution in [0.4, 0.5) is 4.79 Å². The Hall–Kier alpha value is -2.30. The first-order valence-corrected chi connectivity index (χ1v) is 5.87. The summed E-state index contributed by atoms with van der Waals surface area (Å²) in [6.45, 7) is 5.13. The van der Waals surface area contributed by atoms with Crippen LogP contribution in [-0.2, 0) is 16.1 Å². The predicted octanol–water partition coefficient (Wildman–Crippen LogP) is 2.28. The predicted molar refractivity (Wildman–Crippen MR) is 70.6 cm³/mol. The van der Waals surface area contributed by atoms with E-state index in [-0.39, 0.29) is 13.2 Å². The Kier molecular flexibility index (Phi) is 5.60. The van der Waals surface area contributed by atoms with E-state index >= 15 is 0 Å². The maximum Gasteiger partial charge on any atom is 0.411 e. The first-order chi connectivity index (χ1) is 9.06. The number of benzene rings is 1. The number of rotatable bonds is 6. The Morgan fingerprint density at radius 2 is 2.05 bits per heavy atom. The normalized spacial score (nSPS) is 11.4. The van der Waals surface area contributed by atoms with Crippen molar-refractivity contribution < 1.29 is 19.4 Å². The third kappa shape index (κ3) is 4.46. The summed E-state index contributed by atoms with van der Waals surface area (Å²) in [5, 5.41) is 9.04. The standard InChI is InChI=1S/C14H17NO4/c1-3-9-19-14(18)15(11(2)13(16)17)10-12-7-5-4-6-8-12/h3-8,11H,1,9-10H2,2H3,(H,16,17)/t11-/m0/s1. The van der Waals surface area contributed by atoms with Crippen LogP contribution in [0.5, 0.6) is 0 Å². The van der Waals surface area contributed by atoms with Crippen LogP contribution in [0.3, 0.4) is 0 Å². The van der Waals surface area contributed by atoms with Crippen molar-refractivity contribution in [2.24, 2.45) is 0 Å². The average Bonchev–Trinajstić information content (AvgIpc) is 2.42. The topological polar surface area (TPSA) is 66.8 Å². The van der Waals surface area contributed by atoms with Gasteiger partial charge in [0.25, 0.3) is 0 Å². The van der Waals surface area contributed by atoms with Gasteiger partial charge in [-0.15, -0.1) is 0 Å². The highest BCUT2D eigenvalue weighted by Gasteiger charge is 2.26. The van der Waals surface area contributed by atoms with Crippen molar-refractivity contribution in [2.45, 2.75) is 19.5 Å². The van der Waals surface area contributed by atoms with Crippen molar-refractivity contribution in [3.8, 4) is 0 Å². The first kappa shape index (κ1) is 14.8. The van der Waals surface area contributed by atoms with Crippen LogP contribution >= 0.6 is 0 Å². The van der Waals surface area contributed by atoms with Gasteiger partial charge >= 0.3 is 12.1 Å². The van der Waals surface area contributed by atoms with Crippen molar-refractivity contribution in [2.75, 3.05) is 6.61 Å². The molecule has 1 amide bonds. The Morgan fingerprint density at radius 1 is 1.42 bits per heavy atom. The van der Waals surface area contributed by atoms with Crippen molar-refractivity contribution in [1.29, 1.82) is 0 Å². The van der Waals surface area contributed by atoms with Gasteiger partial charge in [0, 0.05) is 6.54 Å². The summed E-state index contributed by atoms with van der Waals surface area (Å²) >= 11 is 0. The molecule has 0 aliphatic carbocycles. The van der Waals surface area contributed by atoms with Crippen LogP contribution in [-0.4, -0.2) is 34.7 Å². The minimum absolute atomic E-state index is 0.0520. The number of hydrogen-bond acceptors (Lipinski definition) is 3. The highest BCUT2D eigenvalue weighted by Crippen LogP contribution is 2.10. The molecule has 1 atom stereocenters. The Labute approximate surface area is 112 Å². The van der Waals surface area contributed by atoms with Gasteiger partial charge in [-0.1, -0.05) is 43.0 Å². The van der Waals surface area contributed by atoms with E-state index in [1.807, 2.05) is 30.3 Å². The number of carboxylic acids is 1. The second-order valence-corrected chi connectivity index (χ2v) is 3.99. The number of carboxylic acid groups (broad SMARTS) is 1. The molecule has 0 bridgehead atoms. The zero-order valence-electron chi connectivity index (χ0n) is 10.8. The summed E-state index contributed by atoms with van der Waals surface area (Å²) in [6, 6.07) is 8.19. The number of ether oxygens (including phenoxy) is 1. The third-order valence-corrected chi connectivity index (χ3v) is 2.58. The lowest BCUT2D eigenvalue weighted by atomic mass is 10.2. The van der Waals surface area contributed by atoms with E-state index in [1.54, 1.807) is 0 Å². The number of aliphatic carboxylic acids is 1. The second kappa shape index (κ2) is 7.20. The molecular weight excluding hydrogens is 246 g/mol. The van der Waals surface area contributed by atoms with Crippen LogP contribution in [0.1, 0.15) is 12.5 Å². The maximum atomic E-state index is 11.8. The molecule has 0 saturated carbocycles. The van der Waals surface area contributed by atoms with Crippen LogP contribution < -0.4 is 0 Å². The van der Waals surface area contributed by atoms with Crippen molar-refractivity contribution >= 4 is 12.1 Å². The van der Waals surface area contributed by atoms with E-state index in [9.17, 15) is 9.59 Å². The molecule has 0 fully saturated rings. The van der Waals surface area contributed by atoms with Gasteiger partial charge in [-0.25, -0.2) is 9.59 Å². The monoisotopic (exact) mass is 263 g/mol. The Morgan fingerprint density at radius 3 is 2.58 bits per heavy atom. The van der Waals surface area contributed by atoms with E-state index in [0.29, 0.717) is 0 Å². The van der Waals surface area contributed by atoms with Crippen molar-refractivity contribution in [1.82, 2.24) is 4.90 Å². The minimum Gasteiger partial charge on any atom is -0.480 e. The number of amides is 1. The molecule has 0 aliphatic rings. The minimum atomic E-state index is -1.08. The third-order valence-electron chi connectivity index (χ3n) is 2.58. The molecule has 5 nitrogen and oxygen atoms in total. The molecule has 0 unspecified atom stereocenters. The van der Waals surface area contributed by atoms with E-state index in [4.69, 9.17) is 9.84 Å². The molecule has 0 aromatic heterocycles. The van der Waals surface area contributed by atoms with E-state index < -0.39 is 18.1 Å². The quantitative estimate of drug-likeness (QED) is 0.799. The average molecular weight is 263 g/mol. The first-order valence-electron chi connectivity index (χ1n) is 5.87. The fraction of sp³-hybridized carbons (Fsp3) is 0.286. The lowest BCUT2D eigenvalue weighted by molar-refractivity contribution is -0.142. The zero-order chi connectivity index (χ0) is 14.3. The van der Waals surface area contributed by atoms with Crippen molar-refractivity contribution in [3.05, 3.63) is 48.6 Å². The van der Waals surface area contributed by atoms with Gasteiger partial charge < -0.3 is 9.84 Å². The van der Waals surface area contributed by atoms with Crippen LogP contribution in [0.15, 0.2) is 43.0 Å². The lowest BCUT2D eigenvalue weighted by Crippen LogP contribution is -2.43. The van der Waals surface area contributed by atoms with E-state index in [1.165, 1.54) is 17.9 Å². The number of nitrogens with zero attached hydrogens (tertiary/aromatic N) is 1. The van der Waals surface area contributed by atoms with Gasteiger partial charge in [0.15, 0.2) is 0 Å². The Balaban J connectivity index is 2.83. The second-order valence-electron chi connectivity index (χ2n) is 3.99. The maximum absolute atomic E-state index is 11.8. The van der Waals surface area contributed by atoms with E-state index in [0.717, 1.165) is 5.56 Å². The molecule has 1 N–H and O–H groups in total. The zero-order valence-corrected chi connectivity index (χ0v) is 10.8. The molecule has 0 radical (unpaired) electrons. The van der Waals surface area contributed by atoms with Gasteiger partial charge in [-0.2, -0.15) is 0 Å². The van der Waals surface area contributed by atoms with Gasteiger partial charge in [-0.05, 0) is 12.5 Å².